The highest BCUT2D eigenvalue weighted by molar-refractivity contribution is 6.04. The molecule has 0 spiro atoms. The van der Waals surface area contributed by atoms with Gasteiger partial charge in [-0.3, -0.25) is 9.59 Å². The summed E-state index contributed by atoms with van der Waals surface area (Å²) in [5.74, 6) is 1.09. The van der Waals surface area contributed by atoms with Gasteiger partial charge in [0.15, 0.2) is 0 Å². The highest BCUT2D eigenvalue weighted by atomic mass is 16.5. The van der Waals surface area contributed by atoms with E-state index in [9.17, 15) is 9.59 Å². The van der Waals surface area contributed by atoms with Crippen molar-refractivity contribution in [1.29, 1.82) is 0 Å². The predicted octanol–water partition coefficient (Wildman–Crippen LogP) is 3.24. The Morgan fingerprint density at radius 3 is 2.54 bits per heavy atom. The van der Waals surface area contributed by atoms with Gasteiger partial charge in [0.2, 0.25) is 5.91 Å². The van der Waals surface area contributed by atoms with E-state index >= 15 is 0 Å². The molecule has 0 saturated heterocycles. The van der Waals surface area contributed by atoms with Gasteiger partial charge in [-0.2, -0.15) is 0 Å². The summed E-state index contributed by atoms with van der Waals surface area (Å²) in [6.45, 7) is 1.43. The van der Waals surface area contributed by atoms with Crippen molar-refractivity contribution in [2.75, 3.05) is 19.0 Å². The predicted molar refractivity (Wildman–Crippen MR) is 99.2 cm³/mol. The van der Waals surface area contributed by atoms with Crippen molar-refractivity contribution in [3.63, 3.8) is 0 Å². The van der Waals surface area contributed by atoms with Crippen LogP contribution in [0.5, 0.6) is 5.75 Å². The number of fused-ring (bicyclic) bond motifs is 1. The third-order valence-electron chi connectivity index (χ3n) is 5.07. The first-order chi connectivity index (χ1) is 12.6. The van der Waals surface area contributed by atoms with Crippen LogP contribution in [-0.2, 0) is 17.8 Å². The quantitative estimate of drug-likeness (QED) is 0.921. The topological polar surface area (TPSA) is 58.6 Å². The van der Waals surface area contributed by atoms with E-state index < -0.39 is 0 Å². The standard InChI is InChI=1S/C21H22N2O3/c1-26-19-8-5-15(6-9-19)20(24)22-18-7-4-14-10-11-23(13-17(14)12-18)21(25)16-2-3-16/h4-9,12,16H,2-3,10-11,13H2,1H3,(H,22,24). The minimum absolute atomic E-state index is 0.158. The Labute approximate surface area is 153 Å². The minimum Gasteiger partial charge on any atom is -0.497 e. The molecular weight excluding hydrogens is 328 g/mol. The molecular formula is C21H22N2O3. The molecule has 2 aromatic carbocycles. The van der Waals surface area contributed by atoms with Crippen LogP contribution >= 0.6 is 0 Å². The zero-order valence-electron chi connectivity index (χ0n) is 14.8. The molecule has 5 nitrogen and oxygen atoms in total. The lowest BCUT2D eigenvalue weighted by Gasteiger charge is -2.29. The Morgan fingerprint density at radius 2 is 1.85 bits per heavy atom. The van der Waals surface area contributed by atoms with Gasteiger partial charge in [0.05, 0.1) is 7.11 Å². The summed E-state index contributed by atoms with van der Waals surface area (Å²) in [5.41, 5.74) is 3.71. The van der Waals surface area contributed by atoms with Crippen molar-refractivity contribution >= 4 is 17.5 Å². The first kappa shape index (κ1) is 16.6. The molecule has 1 aliphatic carbocycles. The summed E-state index contributed by atoms with van der Waals surface area (Å²) in [6, 6.07) is 13.0. The van der Waals surface area contributed by atoms with E-state index in [1.54, 1.807) is 31.4 Å². The number of hydrogen-bond acceptors (Lipinski definition) is 3. The summed E-state index contributed by atoms with van der Waals surface area (Å²) in [4.78, 5) is 26.7. The number of methoxy groups -OCH3 is 1. The number of nitrogens with one attached hydrogen (secondary N) is 1. The van der Waals surface area contributed by atoms with E-state index in [-0.39, 0.29) is 17.7 Å². The van der Waals surface area contributed by atoms with Gasteiger partial charge in [0.1, 0.15) is 5.75 Å². The third-order valence-corrected chi connectivity index (χ3v) is 5.07. The van der Waals surface area contributed by atoms with Crippen molar-refractivity contribution in [2.45, 2.75) is 25.8 Å². The number of carbonyl (C=O) groups excluding carboxylic acids is 2. The Morgan fingerprint density at radius 1 is 1.08 bits per heavy atom. The summed E-state index contributed by atoms with van der Waals surface area (Å²) < 4.78 is 5.12. The third kappa shape index (κ3) is 3.43. The molecule has 2 aromatic rings. The molecule has 134 valence electrons. The Hall–Kier alpha value is -2.82. The normalized spacial score (nSPS) is 16.0. The maximum absolute atomic E-state index is 12.4. The minimum atomic E-state index is -0.158. The van der Waals surface area contributed by atoms with Crippen molar-refractivity contribution in [2.24, 2.45) is 5.92 Å². The van der Waals surface area contributed by atoms with Crippen LogP contribution in [-0.4, -0.2) is 30.4 Å². The highest BCUT2D eigenvalue weighted by Crippen LogP contribution is 2.33. The van der Waals surface area contributed by atoms with E-state index in [0.29, 0.717) is 12.1 Å². The van der Waals surface area contributed by atoms with Gasteiger partial charge in [-0.25, -0.2) is 0 Å². The average molecular weight is 350 g/mol. The number of nitrogens with zero attached hydrogens (tertiary/aromatic N) is 1. The summed E-state index contributed by atoms with van der Waals surface area (Å²) >= 11 is 0. The van der Waals surface area contributed by atoms with Gasteiger partial charge in [-0.15, -0.1) is 0 Å². The second kappa shape index (κ2) is 6.83. The first-order valence-electron chi connectivity index (χ1n) is 9.00. The van der Waals surface area contributed by atoms with Gasteiger partial charge >= 0.3 is 0 Å². The molecule has 0 aromatic heterocycles. The maximum Gasteiger partial charge on any atom is 0.255 e. The number of amides is 2. The Balaban J connectivity index is 1.47. The second-order valence-corrected chi connectivity index (χ2v) is 6.95. The van der Waals surface area contributed by atoms with Crippen LogP contribution in [0.3, 0.4) is 0 Å². The molecule has 1 heterocycles. The van der Waals surface area contributed by atoms with E-state index in [4.69, 9.17) is 4.74 Å². The van der Waals surface area contributed by atoms with E-state index in [2.05, 4.69) is 11.4 Å². The molecule has 1 N–H and O–H groups in total. The van der Waals surface area contributed by atoms with E-state index in [1.165, 1.54) is 5.56 Å². The fourth-order valence-electron chi connectivity index (χ4n) is 3.36. The van der Waals surface area contributed by atoms with Crippen molar-refractivity contribution in [3.8, 4) is 5.75 Å². The van der Waals surface area contributed by atoms with Gasteiger partial charge in [0.25, 0.3) is 5.91 Å². The van der Waals surface area contributed by atoms with Gasteiger partial charge in [0, 0.05) is 30.3 Å². The Kier molecular flexibility index (Phi) is 4.37. The summed E-state index contributed by atoms with van der Waals surface area (Å²) in [5, 5.41) is 2.94. The molecule has 0 bridgehead atoms. The van der Waals surface area contributed by atoms with Crippen LogP contribution < -0.4 is 10.1 Å². The van der Waals surface area contributed by atoms with Crippen LogP contribution in [0.4, 0.5) is 5.69 Å². The molecule has 4 rings (SSSR count). The van der Waals surface area contributed by atoms with Crippen LogP contribution in [0.25, 0.3) is 0 Å². The van der Waals surface area contributed by atoms with Crippen LogP contribution in [0.2, 0.25) is 0 Å². The van der Waals surface area contributed by atoms with E-state index in [0.717, 1.165) is 42.8 Å². The fraction of sp³-hybridized carbons (Fsp3) is 0.333. The smallest absolute Gasteiger partial charge is 0.255 e. The average Bonchev–Trinajstić information content (AvgIpc) is 3.52. The monoisotopic (exact) mass is 350 g/mol. The number of hydrogen-bond donors (Lipinski definition) is 1. The highest BCUT2D eigenvalue weighted by Gasteiger charge is 2.34. The molecule has 5 heteroatoms. The molecule has 1 aliphatic heterocycles. The summed E-state index contributed by atoms with van der Waals surface area (Å²) in [7, 11) is 1.60. The van der Waals surface area contributed by atoms with Crippen molar-refractivity contribution in [3.05, 3.63) is 59.2 Å². The number of anilines is 1. The Bertz CT molecular complexity index is 841. The lowest BCUT2D eigenvalue weighted by atomic mass is 9.98. The number of benzene rings is 2. The fourth-order valence-corrected chi connectivity index (χ4v) is 3.36. The zero-order valence-corrected chi connectivity index (χ0v) is 14.8. The zero-order chi connectivity index (χ0) is 18.1. The molecule has 0 atom stereocenters. The number of carbonyl (C=O) groups is 2. The molecule has 1 saturated carbocycles. The molecule has 2 aliphatic rings. The van der Waals surface area contributed by atoms with Crippen LogP contribution in [0.15, 0.2) is 42.5 Å². The van der Waals surface area contributed by atoms with Gasteiger partial charge < -0.3 is 15.0 Å². The largest absolute Gasteiger partial charge is 0.497 e. The molecule has 1 fully saturated rings. The number of rotatable bonds is 4. The van der Waals surface area contributed by atoms with Crippen molar-refractivity contribution in [1.82, 2.24) is 4.90 Å². The lowest BCUT2D eigenvalue weighted by Crippen LogP contribution is -2.36. The summed E-state index contributed by atoms with van der Waals surface area (Å²) in [6.07, 6.45) is 2.93. The maximum atomic E-state index is 12.4. The molecule has 2 amide bonds. The molecule has 26 heavy (non-hydrogen) atoms. The van der Waals surface area contributed by atoms with Gasteiger partial charge in [-0.1, -0.05) is 6.07 Å². The SMILES string of the molecule is COc1ccc(C(=O)Nc2ccc3c(c2)CN(C(=O)C2CC2)CC3)cc1. The van der Waals surface area contributed by atoms with Gasteiger partial charge in [-0.05, 0) is 66.8 Å². The lowest BCUT2D eigenvalue weighted by molar-refractivity contribution is -0.133. The van der Waals surface area contributed by atoms with Crippen molar-refractivity contribution < 1.29 is 14.3 Å². The van der Waals surface area contributed by atoms with Crippen LogP contribution in [0.1, 0.15) is 34.3 Å². The van der Waals surface area contributed by atoms with E-state index in [1.807, 2.05) is 17.0 Å². The number of ether oxygens (including phenoxy) is 1. The second-order valence-electron chi connectivity index (χ2n) is 6.95. The first-order valence-corrected chi connectivity index (χ1v) is 9.00. The molecule has 0 unspecified atom stereocenters. The van der Waals surface area contributed by atoms with Crippen LogP contribution in [0, 0.1) is 5.92 Å². The molecule has 0 radical (unpaired) electrons.